The number of halogens is 2. The first-order valence-corrected chi connectivity index (χ1v) is 7.09. The fourth-order valence-electron chi connectivity index (χ4n) is 1.88. The van der Waals surface area contributed by atoms with Crippen molar-refractivity contribution in [2.45, 2.75) is 32.2 Å². The Morgan fingerprint density at radius 1 is 1.28 bits per heavy atom. The van der Waals surface area contributed by atoms with E-state index in [0.29, 0.717) is 12.6 Å². The minimum absolute atomic E-state index is 0.349. The Bertz CT molecular complexity index is 337. The maximum Gasteiger partial charge on any atom is 0.0615 e. The quantitative estimate of drug-likeness (QED) is 0.783. The summed E-state index contributed by atoms with van der Waals surface area (Å²) in [5.74, 6) is 0. The van der Waals surface area contributed by atoms with Gasteiger partial charge in [-0.15, -0.1) is 0 Å². The molecule has 0 spiro atoms. The molecule has 18 heavy (non-hydrogen) atoms. The van der Waals surface area contributed by atoms with E-state index in [4.69, 9.17) is 27.9 Å². The molecule has 0 aliphatic heterocycles. The van der Waals surface area contributed by atoms with Crippen molar-refractivity contribution >= 4 is 23.2 Å². The summed E-state index contributed by atoms with van der Waals surface area (Å²) in [5, 5.41) is 4.96. The van der Waals surface area contributed by atoms with Crippen molar-refractivity contribution in [3.05, 3.63) is 33.8 Å². The molecule has 0 aliphatic carbocycles. The average Bonchev–Trinajstić information content (AvgIpc) is 2.35. The molecule has 0 aromatic heterocycles. The van der Waals surface area contributed by atoms with Gasteiger partial charge in [-0.1, -0.05) is 36.2 Å². The fraction of sp³-hybridized carbons (Fsp3) is 0.571. The second-order valence-corrected chi connectivity index (χ2v) is 5.16. The van der Waals surface area contributed by atoms with Crippen LogP contribution in [0.3, 0.4) is 0 Å². The summed E-state index contributed by atoms with van der Waals surface area (Å²) < 4.78 is 5.22. The summed E-state index contributed by atoms with van der Waals surface area (Å²) in [7, 11) is 1.73. The highest BCUT2D eigenvalue weighted by Gasteiger charge is 2.11. The van der Waals surface area contributed by atoms with Gasteiger partial charge in [0.25, 0.3) is 0 Å². The molecule has 1 N–H and O–H groups in total. The van der Waals surface area contributed by atoms with Crippen LogP contribution in [0.2, 0.25) is 10.0 Å². The normalized spacial score (nSPS) is 12.7. The van der Waals surface area contributed by atoms with Crippen molar-refractivity contribution in [1.82, 2.24) is 5.32 Å². The first-order chi connectivity index (χ1) is 8.69. The Labute approximate surface area is 120 Å². The van der Waals surface area contributed by atoms with Gasteiger partial charge >= 0.3 is 0 Å². The lowest BCUT2D eigenvalue weighted by Crippen LogP contribution is -2.34. The summed E-state index contributed by atoms with van der Waals surface area (Å²) in [6, 6.07) is 5.99. The predicted molar refractivity (Wildman–Crippen MR) is 78.7 cm³/mol. The van der Waals surface area contributed by atoms with Crippen LogP contribution in [0.25, 0.3) is 0 Å². The summed E-state index contributed by atoms with van der Waals surface area (Å²) in [6.07, 6.45) is 2.95. The SMILES string of the molecule is CCCNC(CCc1c(Cl)cccc1Cl)COC. The number of methoxy groups -OCH3 is 1. The van der Waals surface area contributed by atoms with Gasteiger partial charge in [-0.3, -0.25) is 0 Å². The van der Waals surface area contributed by atoms with Crippen LogP contribution in [-0.4, -0.2) is 26.3 Å². The topological polar surface area (TPSA) is 21.3 Å². The van der Waals surface area contributed by atoms with Crippen molar-refractivity contribution in [3.63, 3.8) is 0 Å². The van der Waals surface area contributed by atoms with Crippen molar-refractivity contribution in [2.75, 3.05) is 20.3 Å². The first-order valence-electron chi connectivity index (χ1n) is 6.34. The van der Waals surface area contributed by atoms with Crippen molar-refractivity contribution in [2.24, 2.45) is 0 Å². The molecule has 1 aromatic carbocycles. The van der Waals surface area contributed by atoms with E-state index in [1.165, 1.54) is 0 Å². The lowest BCUT2D eigenvalue weighted by molar-refractivity contribution is 0.162. The Balaban J connectivity index is 2.55. The smallest absolute Gasteiger partial charge is 0.0615 e. The molecule has 0 heterocycles. The molecule has 0 amide bonds. The number of nitrogens with one attached hydrogen (secondary N) is 1. The second kappa shape index (κ2) is 8.76. The van der Waals surface area contributed by atoms with Crippen LogP contribution in [0, 0.1) is 0 Å². The molecule has 102 valence electrons. The Morgan fingerprint density at radius 2 is 1.94 bits per heavy atom. The van der Waals surface area contributed by atoms with Crippen LogP contribution >= 0.6 is 23.2 Å². The van der Waals surface area contributed by atoms with Crippen LogP contribution in [-0.2, 0) is 11.2 Å². The fourth-order valence-corrected chi connectivity index (χ4v) is 2.47. The number of ether oxygens (including phenoxy) is 1. The average molecular weight is 290 g/mol. The van der Waals surface area contributed by atoms with Crippen molar-refractivity contribution < 1.29 is 4.74 Å². The molecule has 0 saturated heterocycles. The molecule has 2 nitrogen and oxygen atoms in total. The Kier molecular flexibility index (Phi) is 7.68. The Hall–Kier alpha value is -0.280. The van der Waals surface area contributed by atoms with Gasteiger partial charge in [0.2, 0.25) is 0 Å². The summed E-state index contributed by atoms with van der Waals surface area (Å²) in [4.78, 5) is 0. The van der Waals surface area contributed by atoms with Gasteiger partial charge < -0.3 is 10.1 Å². The van der Waals surface area contributed by atoms with Gasteiger partial charge in [0.05, 0.1) is 6.61 Å². The van der Waals surface area contributed by atoms with E-state index < -0.39 is 0 Å². The van der Waals surface area contributed by atoms with Gasteiger partial charge in [0.15, 0.2) is 0 Å². The summed E-state index contributed by atoms with van der Waals surface area (Å²) in [5.41, 5.74) is 1.03. The van der Waals surface area contributed by atoms with Gasteiger partial charge in [0.1, 0.15) is 0 Å². The number of benzene rings is 1. The largest absolute Gasteiger partial charge is 0.383 e. The molecule has 0 aliphatic rings. The standard InChI is InChI=1S/C14H21Cl2NO/c1-3-9-17-11(10-18-2)7-8-12-13(15)5-4-6-14(12)16/h4-6,11,17H,3,7-10H2,1-2H3. The minimum atomic E-state index is 0.349. The van der Waals surface area contributed by atoms with Gasteiger partial charge in [-0.2, -0.15) is 0 Å². The molecular weight excluding hydrogens is 269 g/mol. The zero-order valence-electron chi connectivity index (χ0n) is 11.0. The molecule has 1 atom stereocenters. The van der Waals surface area contributed by atoms with Crippen LogP contribution in [0.1, 0.15) is 25.3 Å². The third kappa shape index (κ3) is 5.15. The maximum absolute atomic E-state index is 6.16. The lowest BCUT2D eigenvalue weighted by Gasteiger charge is -2.18. The van der Waals surface area contributed by atoms with Gasteiger partial charge in [0, 0.05) is 23.2 Å². The molecule has 0 fully saturated rings. The summed E-state index contributed by atoms with van der Waals surface area (Å²) in [6.45, 7) is 3.87. The van der Waals surface area contributed by atoms with Crippen molar-refractivity contribution in [1.29, 1.82) is 0 Å². The third-order valence-corrected chi connectivity index (χ3v) is 3.56. The molecule has 1 aromatic rings. The summed E-state index contributed by atoms with van der Waals surface area (Å²) >= 11 is 12.3. The second-order valence-electron chi connectivity index (χ2n) is 4.35. The van der Waals surface area contributed by atoms with Crippen LogP contribution in [0.15, 0.2) is 18.2 Å². The minimum Gasteiger partial charge on any atom is -0.383 e. The molecule has 0 radical (unpaired) electrons. The molecule has 0 saturated carbocycles. The van der Waals surface area contributed by atoms with Crippen LogP contribution in [0.4, 0.5) is 0 Å². The Morgan fingerprint density at radius 3 is 2.50 bits per heavy atom. The van der Waals surface area contributed by atoms with E-state index in [-0.39, 0.29) is 0 Å². The number of hydrogen-bond donors (Lipinski definition) is 1. The third-order valence-electron chi connectivity index (χ3n) is 2.86. The van der Waals surface area contributed by atoms with E-state index in [0.717, 1.165) is 41.4 Å². The highest BCUT2D eigenvalue weighted by Crippen LogP contribution is 2.25. The molecule has 1 unspecified atom stereocenters. The van der Waals surface area contributed by atoms with Crippen molar-refractivity contribution in [3.8, 4) is 0 Å². The van der Waals surface area contributed by atoms with Crippen LogP contribution < -0.4 is 5.32 Å². The van der Waals surface area contributed by atoms with E-state index >= 15 is 0 Å². The zero-order chi connectivity index (χ0) is 13.4. The van der Waals surface area contributed by atoms with E-state index in [1.807, 2.05) is 18.2 Å². The molecular formula is C14H21Cl2NO. The number of hydrogen-bond acceptors (Lipinski definition) is 2. The van der Waals surface area contributed by atoms with Crippen LogP contribution in [0.5, 0.6) is 0 Å². The first kappa shape index (κ1) is 15.8. The monoisotopic (exact) mass is 289 g/mol. The van der Waals surface area contributed by atoms with E-state index in [9.17, 15) is 0 Å². The maximum atomic E-state index is 6.16. The number of rotatable bonds is 8. The van der Waals surface area contributed by atoms with E-state index in [1.54, 1.807) is 7.11 Å². The highest BCUT2D eigenvalue weighted by molar-refractivity contribution is 6.35. The molecule has 0 bridgehead atoms. The highest BCUT2D eigenvalue weighted by atomic mass is 35.5. The molecule has 1 rings (SSSR count). The predicted octanol–water partition coefficient (Wildman–Crippen LogP) is 3.94. The van der Waals surface area contributed by atoms with Gasteiger partial charge in [-0.25, -0.2) is 0 Å². The van der Waals surface area contributed by atoms with Gasteiger partial charge in [-0.05, 0) is 43.5 Å². The zero-order valence-corrected chi connectivity index (χ0v) is 12.5. The molecule has 4 heteroatoms. The lowest BCUT2D eigenvalue weighted by atomic mass is 10.1. The van der Waals surface area contributed by atoms with E-state index in [2.05, 4.69) is 12.2 Å².